The van der Waals surface area contributed by atoms with Gasteiger partial charge in [-0.3, -0.25) is 9.36 Å². The first-order valence-corrected chi connectivity index (χ1v) is 9.03. The van der Waals surface area contributed by atoms with Gasteiger partial charge in [-0.2, -0.15) is 0 Å². The van der Waals surface area contributed by atoms with Crippen molar-refractivity contribution in [3.05, 3.63) is 47.8 Å². The predicted octanol–water partition coefficient (Wildman–Crippen LogP) is 1.44. The second-order valence-electron chi connectivity index (χ2n) is 5.36. The number of benzene rings is 1. The Morgan fingerprint density at radius 3 is 2.60 bits per heavy atom. The first-order chi connectivity index (χ1) is 11.8. The standard InChI is InChI=1S/C15H18N3O6P/c1-11(19)25(22,23)24-8-7-13-10-18(17-16-13)14(15(20)21)9-12-5-3-2-4-6-12/h2-6,10,14H,7-9H2,1H3,(H,20,21)(H,22,23)/t14-/m1/s1. The number of hydrogen-bond acceptors (Lipinski definition) is 6. The molecule has 1 heterocycles. The van der Waals surface area contributed by atoms with Gasteiger partial charge in [0.1, 0.15) is 0 Å². The van der Waals surface area contributed by atoms with E-state index in [1.807, 2.05) is 30.3 Å². The van der Waals surface area contributed by atoms with Crippen LogP contribution in [0.25, 0.3) is 0 Å². The van der Waals surface area contributed by atoms with Crippen molar-refractivity contribution in [1.29, 1.82) is 0 Å². The van der Waals surface area contributed by atoms with Crippen LogP contribution < -0.4 is 0 Å². The molecule has 1 aromatic carbocycles. The van der Waals surface area contributed by atoms with Gasteiger partial charge in [0, 0.05) is 26.0 Å². The quantitative estimate of drug-likeness (QED) is 0.636. The van der Waals surface area contributed by atoms with Crippen LogP contribution in [0.15, 0.2) is 36.5 Å². The lowest BCUT2D eigenvalue weighted by Crippen LogP contribution is -2.22. The van der Waals surface area contributed by atoms with E-state index in [2.05, 4.69) is 14.8 Å². The Bertz CT molecular complexity index is 792. The zero-order chi connectivity index (χ0) is 18.4. The normalized spacial score (nSPS) is 14.6. The zero-order valence-corrected chi connectivity index (χ0v) is 14.4. The lowest BCUT2D eigenvalue weighted by molar-refractivity contribution is -0.141. The summed E-state index contributed by atoms with van der Waals surface area (Å²) in [6.07, 6.45) is 1.81. The van der Waals surface area contributed by atoms with E-state index in [0.717, 1.165) is 12.5 Å². The highest BCUT2D eigenvalue weighted by molar-refractivity contribution is 7.70. The molecule has 0 saturated carbocycles. The molecule has 134 valence electrons. The Morgan fingerprint density at radius 2 is 2.00 bits per heavy atom. The molecule has 0 spiro atoms. The molecule has 0 aliphatic heterocycles. The molecule has 9 nitrogen and oxygen atoms in total. The van der Waals surface area contributed by atoms with Crippen molar-refractivity contribution in [3.8, 4) is 0 Å². The van der Waals surface area contributed by atoms with Crippen molar-refractivity contribution in [1.82, 2.24) is 15.0 Å². The topological polar surface area (TPSA) is 132 Å². The fraction of sp³-hybridized carbons (Fsp3) is 0.333. The zero-order valence-electron chi connectivity index (χ0n) is 13.5. The van der Waals surface area contributed by atoms with Gasteiger partial charge in [-0.25, -0.2) is 9.48 Å². The molecule has 0 radical (unpaired) electrons. The van der Waals surface area contributed by atoms with E-state index in [9.17, 15) is 24.2 Å². The summed E-state index contributed by atoms with van der Waals surface area (Å²) in [6, 6.07) is 8.20. The van der Waals surface area contributed by atoms with E-state index in [4.69, 9.17) is 0 Å². The van der Waals surface area contributed by atoms with Gasteiger partial charge in [-0.15, -0.1) is 5.10 Å². The van der Waals surface area contributed by atoms with Gasteiger partial charge >= 0.3 is 13.6 Å². The van der Waals surface area contributed by atoms with Crippen molar-refractivity contribution < 1.29 is 28.7 Å². The van der Waals surface area contributed by atoms with Crippen LogP contribution in [0.4, 0.5) is 0 Å². The molecule has 2 aromatic rings. The number of aliphatic carboxylic acids is 1. The Kier molecular flexibility index (Phi) is 6.19. The summed E-state index contributed by atoms with van der Waals surface area (Å²) in [5, 5.41) is 17.1. The molecule has 1 aromatic heterocycles. The molecular weight excluding hydrogens is 349 g/mol. The molecule has 25 heavy (non-hydrogen) atoms. The highest BCUT2D eigenvalue weighted by atomic mass is 31.2. The number of nitrogens with zero attached hydrogens (tertiary/aromatic N) is 3. The third-order valence-electron chi connectivity index (χ3n) is 3.46. The number of carboxylic acid groups (broad SMARTS) is 1. The summed E-state index contributed by atoms with van der Waals surface area (Å²) < 4.78 is 17.3. The lowest BCUT2D eigenvalue weighted by Gasteiger charge is -2.12. The maximum atomic E-state index is 11.5. The van der Waals surface area contributed by atoms with Crippen molar-refractivity contribution in [2.24, 2.45) is 0 Å². The van der Waals surface area contributed by atoms with E-state index in [-0.39, 0.29) is 19.4 Å². The number of carbonyl (C=O) groups is 2. The van der Waals surface area contributed by atoms with Gasteiger partial charge in [-0.1, -0.05) is 35.5 Å². The van der Waals surface area contributed by atoms with Crippen LogP contribution in [-0.2, 0) is 31.5 Å². The number of carbonyl (C=O) groups excluding carboxylic acids is 1. The summed E-state index contributed by atoms with van der Waals surface area (Å²) in [5.74, 6) is -1.05. The Labute approximate surface area is 143 Å². The molecule has 2 N–H and O–H groups in total. The minimum atomic E-state index is -4.26. The van der Waals surface area contributed by atoms with E-state index in [1.54, 1.807) is 0 Å². The molecular formula is C15H18N3O6P. The highest BCUT2D eigenvalue weighted by Crippen LogP contribution is 2.42. The first kappa shape index (κ1) is 19.0. The van der Waals surface area contributed by atoms with E-state index >= 15 is 0 Å². The van der Waals surface area contributed by atoms with E-state index in [0.29, 0.717) is 5.69 Å². The van der Waals surface area contributed by atoms with E-state index < -0.39 is 25.1 Å². The minimum absolute atomic E-state index is 0.121. The molecule has 0 aliphatic rings. The van der Waals surface area contributed by atoms with Crippen LogP contribution in [0.2, 0.25) is 0 Å². The second kappa shape index (κ2) is 8.15. The minimum Gasteiger partial charge on any atom is -0.480 e. The number of carboxylic acids is 1. The molecule has 0 fully saturated rings. The van der Waals surface area contributed by atoms with Crippen LogP contribution in [0.5, 0.6) is 0 Å². The van der Waals surface area contributed by atoms with Crippen LogP contribution in [-0.4, -0.2) is 43.1 Å². The van der Waals surface area contributed by atoms with Gasteiger partial charge in [0.25, 0.3) is 0 Å². The maximum Gasteiger partial charge on any atom is 0.393 e. The summed E-state index contributed by atoms with van der Waals surface area (Å²) in [5.41, 5.74) is 0.297. The fourth-order valence-corrected chi connectivity index (χ4v) is 2.60. The van der Waals surface area contributed by atoms with Crippen molar-refractivity contribution in [3.63, 3.8) is 0 Å². The van der Waals surface area contributed by atoms with Crippen LogP contribution in [0.3, 0.4) is 0 Å². The summed E-state index contributed by atoms with van der Waals surface area (Å²) in [6.45, 7) is 0.764. The molecule has 0 saturated heterocycles. The van der Waals surface area contributed by atoms with Crippen molar-refractivity contribution in [2.45, 2.75) is 25.8 Å². The third-order valence-corrected chi connectivity index (χ3v) is 4.78. The third kappa shape index (κ3) is 5.32. The van der Waals surface area contributed by atoms with Crippen LogP contribution in [0, 0.1) is 0 Å². The van der Waals surface area contributed by atoms with Gasteiger partial charge in [0.15, 0.2) is 6.04 Å². The van der Waals surface area contributed by atoms with Crippen molar-refractivity contribution >= 4 is 19.1 Å². The first-order valence-electron chi connectivity index (χ1n) is 7.45. The van der Waals surface area contributed by atoms with E-state index in [1.165, 1.54) is 10.9 Å². The predicted molar refractivity (Wildman–Crippen MR) is 87.0 cm³/mol. The van der Waals surface area contributed by atoms with Gasteiger partial charge in [-0.05, 0) is 5.56 Å². The summed E-state index contributed by atoms with van der Waals surface area (Å²) in [7, 11) is -4.26. The number of rotatable bonds is 9. The maximum absolute atomic E-state index is 11.5. The lowest BCUT2D eigenvalue weighted by atomic mass is 10.1. The SMILES string of the molecule is CC(=O)P(=O)(O)OCCc1cn([C@H](Cc2ccccc2)C(=O)O)nn1. The summed E-state index contributed by atoms with van der Waals surface area (Å²) >= 11 is 0. The molecule has 0 aliphatic carbocycles. The number of hydrogen-bond donors (Lipinski definition) is 2. The van der Waals surface area contributed by atoms with Crippen molar-refractivity contribution in [2.75, 3.05) is 6.61 Å². The molecule has 10 heteroatoms. The molecule has 1 unspecified atom stereocenters. The Morgan fingerprint density at radius 1 is 1.32 bits per heavy atom. The van der Waals surface area contributed by atoms with Gasteiger partial charge < -0.3 is 14.5 Å². The molecule has 0 bridgehead atoms. The largest absolute Gasteiger partial charge is 0.480 e. The molecule has 0 amide bonds. The fourth-order valence-electron chi connectivity index (χ4n) is 2.08. The Hall–Kier alpha value is -2.35. The smallest absolute Gasteiger partial charge is 0.393 e. The Balaban J connectivity index is 2.01. The monoisotopic (exact) mass is 367 g/mol. The average Bonchev–Trinajstić information content (AvgIpc) is 3.01. The van der Waals surface area contributed by atoms with Crippen LogP contribution in [0.1, 0.15) is 24.2 Å². The second-order valence-corrected chi connectivity index (χ2v) is 7.29. The average molecular weight is 367 g/mol. The van der Waals surface area contributed by atoms with Crippen LogP contribution >= 0.6 is 7.60 Å². The molecule has 2 atom stereocenters. The molecule has 2 rings (SSSR count). The van der Waals surface area contributed by atoms with Gasteiger partial charge in [0.2, 0.25) is 5.52 Å². The number of aromatic nitrogens is 3. The van der Waals surface area contributed by atoms with Gasteiger partial charge in [0.05, 0.1) is 12.3 Å². The summed E-state index contributed by atoms with van der Waals surface area (Å²) in [4.78, 5) is 31.7. The highest BCUT2D eigenvalue weighted by Gasteiger charge is 2.26.